The van der Waals surface area contributed by atoms with E-state index in [1.165, 1.54) is 12.8 Å². The van der Waals surface area contributed by atoms with Crippen LogP contribution >= 0.6 is 0 Å². The molecule has 0 spiro atoms. The molecular formula is C12H23NO2. The van der Waals surface area contributed by atoms with E-state index in [2.05, 4.69) is 13.0 Å². The average molecular weight is 213 g/mol. The molecule has 3 nitrogen and oxygen atoms in total. The minimum absolute atomic E-state index is 0.239. The van der Waals surface area contributed by atoms with Crippen LogP contribution in [0.4, 0.5) is 4.79 Å². The molecule has 3 heteroatoms. The van der Waals surface area contributed by atoms with Gasteiger partial charge in [-0.15, -0.1) is 0 Å². The first-order valence-corrected chi connectivity index (χ1v) is 5.75. The summed E-state index contributed by atoms with van der Waals surface area (Å²) in [5, 5.41) is 0. The molecule has 0 aromatic rings. The lowest BCUT2D eigenvalue weighted by Crippen LogP contribution is -2.28. The van der Waals surface area contributed by atoms with E-state index in [4.69, 9.17) is 4.74 Å². The van der Waals surface area contributed by atoms with Crippen LogP contribution in [0.2, 0.25) is 0 Å². The first-order chi connectivity index (χ1) is 7.22. The highest BCUT2D eigenvalue weighted by atomic mass is 16.6. The fraction of sp³-hybridized carbons (Fsp3) is 0.750. The van der Waals surface area contributed by atoms with E-state index in [1.54, 1.807) is 11.9 Å². The number of unbranched alkanes of at least 4 members (excludes halogenated alkanes) is 2. The summed E-state index contributed by atoms with van der Waals surface area (Å²) in [4.78, 5) is 12.9. The second kappa shape index (κ2) is 9.56. The zero-order chi connectivity index (χ0) is 11.5. The van der Waals surface area contributed by atoms with E-state index < -0.39 is 0 Å². The molecule has 0 radical (unpaired) electrons. The zero-order valence-corrected chi connectivity index (χ0v) is 10.2. The molecule has 0 aliphatic rings. The molecule has 0 saturated carbocycles. The van der Waals surface area contributed by atoms with Gasteiger partial charge in [0.2, 0.25) is 0 Å². The fourth-order valence-corrected chi connectivity index (χ4v) is 1.16. The first-order valence-electron chi connectivity index (χ1n) is 5.75. The quantitative estimate of drug-likeness (QED) is 0.480. The van der Waals surface area contributed by atoms with Gasteiger partial charge in [0.15, 0.2) is 0 Å². The highest BCUT2D eigenvalue weighted by Gasteiger charge is 2.06. The standard InChI is InChI=1S/C12H23NO2/c1-4-6-7-8-9-11-15-12(14)13(3)10-5-2/h8-9H,4-7,10-11H2,1-3H3/b9-8+. The van der Waals surface area contributed by atoms with Crippen LogP contribution in [-0.2, 0) is 4.74 Å². The minimum atomic E-state index is -0.239. The third-order valence-corrected chi connectivity index (χ3v) is 2.06. The highest BCUT2D eigenvalue weighted by Crippen LogP contribution is 1.96. The Morgan fingerprint density at radius 2 is 2.00 bits per heavy atom. The molecule has 0 heterocycles. The lowest BCUT2D eigenvalue weighted by Gasteiger charge is -2.14. The summed E-state index contributed by atoms with van der Waals surface area (Å²) in [5.74, 6) is 0. The minimum Gasteiger partial charge on any atom is -0.445 e. The van der Waals surface area contributed by atoms with Crippen LogP contribution in [-0.4, -0.2) is 31.2 Å². The van der Waals surface area contributed by atoms with Crippen LogP contribution in [0.3, 0.4) is 0 Å². The van der Waals surface area contributed by atoms with Crippen LogP contribution in [0.25, 0.3) is 0 Å². The number of carbonyl (C=O) groups is 1. The summed E-state index contributed by atoms with van der Waals surface area (Å²) in [7, 11) is 1.76. The Labute approximate surface area is 93.1 Å². The number of hydrogen-bond donors (Lipinski definition) is 0. The summed E-state index contributed by atoms with van der Waals surface area (Å²) in [6.45, 7) is 5.33. The number of allylic oxidation sites excluding steroid dienone is 1. The number of ether oxygens (including phenoxy) is 1. The molecule has 0 fully saturated rings. The largest absolute Gasteiger partial charge is 0.445 e. The van der Waals surface area contributed by atoms with Gasteiger partial charge in [-0.2, -0.15) is 0 Å². The molecule has 0 bridgehead atoms. The molecule has 0 unspecified atom stereocenters. The molecule has 0 saturated heterocycles. The number of rotatable bonds is 7. The molecule has 0 atom stereocenters. The van der Waals surface area contributed by atoms with Crippen molar-refractivity contribution in [2.75, 3.05) is 20.2 Å². The summed E-state index contributed by atoms with van der Waals surface area (Å²) in [5.41, 5.74) is 0. The van der Waals surface area contributed by atoms with Gasteiger partial charge in [-0.25, -0.2) is 4.79 Å². The molecule has 88 valence electrons. The summed E-state index contributed by atoms with van der Waals surface area (Å²) >= 11 is 0. The van der Waals surface area contributed by atoms with Gasteiger partial charge in [0.1, 0.15) is 6.61 Å². The van der Waals surface area contributed by atoms with Gasteiger partial charge in [0, 0.05) is 13.6 Å². The van der Waals surface area contributed by atoms with Gasteiger partial charge in [-0.1, -0.05) is 38.8 Å². The smallest absolute Gasteiger partial charge is 0.409 e. The van der Waals surface area contributed by atoms with E-state index in [0.717, 1.165) is 19.4 Å². The topological polar surface area (TPSA) is 29.5 Å². The van der Waals surface area contributed by atoms with Gasteiger partial charge in [-0.05, 0) is 12.8 Å². The fourth-order valence-electron chi connectivity index (χ4n) is 1.16. The Hall–Kier alpha value is -0.990. The van der Waals surface area contributed by atoms with Crippen LogP contribution in [0, 0.1) is 0 Å². The van der Waals surface area contributed by atoms with Crippen LogP contribution in [0.5, 0.6) is 0 Å². The van der Waals surface area contributed by atoms with Gasteiger partial charge < -0.3 is 9.64 Å². The van der Waals surface area contributed by atoms with Gasteiger partial charge in [0.05, 0.1) is 0 Å². The third-order valence-electron chi connectivity index (χ3n) is 2.06. The normalized spacial score (nSPS) is 10.6. The van der Waals surface area contributed by atoms with Crippen molar-refractivity contribution in [3.05, 3.63) is 12.2 Å². The van der Waals surface area contributed by atoms with E-state index in [1.807, 2.05) is 13.0 Å². The van der Waals surface area contributed by atoms with Crippen molar-refractivity contribution >= 4 is 6.09 Å². The molecule has 0 aliphatic carbocycles. The van der Waals surface area contributed by atoms with E-state index in [9.17, 15) is 4.79 Å². The molecule has 1 amide bonds. The summed E-state index contributed by atoms with van der Waals surface area (Å²) in [6.07, 6.45) is 8.15. The Morgan fingerprint density at radius 3 is 2.60 bits per heavy atom. The lowest BCUT2D eigenvalue weighted by molar-refractivity contribution is 0.121. The van der Waals surface area contributed by atoms with Crippen LogP contribution in [0.15, 0.2) is 12.2 Å². The Kier molecular flexibility index (Phi) is 8.93. The van der Waals surface area contributed by atoms with E-state index in [0.29, 0.717) is 6.61 Å². The lowest BCUT2D eigenvalue weighted by atomic mass is 10.2. The average Bonchev–Trinajstić information content (AvgIpc) is 2.23. The predicted octanol–water partition coefficient (Wildman–Crippen LogP) is 3.21. The molecule has 0 rings (SSSR count). The zero-order valence-electron chi connectivity index (χ0n) is 10.2. The van der Waals surface area contributed by atoms with Gasteiger partial charge in [-0.3, -0.25) is 0 Å². The van der Waals surface area contributed by atoms with Crippen molar-refractivity contribution in [2.45, 2.75) is 39.5 Å². The molecule has 0 N–H and O–H groups in total. The third kappa shape index (κ3) is 8.03. The molecule has 15 heavy (non-hydrogen) atoms. The van der Waals surface area contributed by atoms with Crippen molar-refractivity contribution in [3.8, 4) is 0 Å². The molecule has 0 aliphatic heterocycles. The second-order valence-corrected chi connectivity index (χ2v) is 3.61. The van der Waals surface area contributed by atoms with E-state index in [-0.39, 0.29) is 6.09 Å². The van der Waals surface area contributed by atoms with Crippen molar-refractivity contribution < 1.29 is 9.53 Å². The maximum atomic E-state index is 11.3. The maximum Gasteiger partial charge on any atom is 0.409 e. The summed E-state index contributed by atoms with van der Waals surface area (Å²) < 4.78 is 5.04. The van der Waals surface area contributed by atoms with Gasteiger partial charge in [0.25, 0.3) is 0 Å². The number of nitrogens with zero attached hydrogens (tertiary/aromatic N) is 1. The Morgan fingerprint density at radius 1 is 1.27 bits per heavy atom. The highest BCUT2D eigenvalue weighted by molar-refractivity contribution is 5.67. The number of amides is 1. The molecular weight excluding hydrogens is 190 g/mol. The number of carbonyl (C=O) groups excluding carboxylic acids is 1. The maximum absolute atomic E-state index is 11.3. The summed E-state index contributed by atoms with van der Waals surface area (Å²) in [6, 6.07) is 0. The SMILES string of the molecule is CCCC/C=C/COC(=O)N(C)CCC. The Bertz CT molecular complexity index is 190. The predicted molar refractivity (Wildman–Crippen MR) is 62.9 cm³/mol. The molecule has 0 aromatic heterocycles. The van der Waals surface area contributed by atoms with Crippen LogP contribution < -0.4 is 0 Å². The van der Waals surface area contributed by atoms with Crippen molar-refractivity contribution in [1.29, 1.82) is 0 Å². The van der Waals surface area contributed by atoms with Crippen molar-refractivity contribution in [2.24, 2.45) is 0 Å². The van der Waals surface area contributed by atoms with Crippen molar-refractivity contribution in [1.82, 2.24) is 4.90 Å². The number of hydrogen-bond acceptors (Lipinski definition) is 2. The van der Waals surface area contributed by atoms with Crippen LogP contribution in [0.1, 0.15) is 39.5 Å². The van der Waals surface area contributed by atoms with Gasteiger partial charge >= 0.3 is 6.09 Å². The monoisotopic (exact) mass is 213 g/mol. The second-order valence-electron chi connectivity index (χ2n) is 3.61. The first kappa shape index (κ1) is 14.0. The molecule has 0 aromatic carbocycles. The Balaban J connectivity index is 3.49. The van der Waals surface area contributed by atoms with E-state index >= 15 is 0 Å². The van der Waals surface area contributed by atoms with Crippen molar-refractivity contribution in [3.63, 3.8) is 0 Å².